The average molecular weight is 298 g/mol. The fourth-order valence-electron chi connectivity index (χ4n) is 2.03. The van der Waals surface area contributed by atoms with Crippen LogP contribution >= 0.6 is 0 Å². The second-order valence-corrected chi connectivity index (χ2v) is 7.19. The molecule has 0 saturated carbocycles. The van der Waals surface area contributed by atoms with Crippen LogP contribution < -0.4 is 10.0 Å². The van der Waals surface area contributed by atoms with Gasteiger partial charge in [-0.1, -0.05) is 39.0 Å². The number of hydrogen-bond donors (Lipinski definition) is 2. The van der Waals surface area contributed by atoms with Gasteiger partial charge in [-0.3, -0.25) is 4.72 Å². The Morgan fingerprint density at radius 1 is 1.25 bits per heavy atom. The highest BCUT2D eigenvalue weighted by Gasteiger charge is 2.13. The van der Waals surface area contributed by atoms with Crippen molar-refractivity contribution in [1.82, 2.24) is 5.32 Å². The molecular weight excluding hydrogens is 272 g/mol. The van der Waals surface area contributed by atoms with E-state index in [9.17, 15) is 8.42 Å². The quantitative estimate of drug-likeness (QED) is 0.726. The minimum absolute atomic E-state index is 0.143. The highest BCUT2D eigenvalue weighted by Crippen LogP contribution is 2.22. The lowest BCUT2D eigenvalue weighted by molar-refractivity contribution is 0.571. The molecule has 0 bridgehead atoms. The van der Waals surface area contributed by atoms with Crippen LogP contribution in [0, 0.1) is 6.92 Å². The molecule has 5 heteroatoms. The smallest absolute Gasteiger partial charge is 0.232 e. The molecule has 0 aliphatic rings. The van der Waals surface area contributed by atoms with Gasteiger partial charge in [-0.25, -0.2) is 8.42 Å². The van der Waals surface area contributed by atoms with Gasteiger partial charge in [0.25, 0.3) is 0 Å². The molecule has 0 unspecified atom stereocenters. The number of sulfonamides is 1. The topological polar surface area (TPSA) is 58.2 Å². The van der Waals surface area contributed by atoms with Crippen LogP contribution in [0.5, 0.6) is 0 Å². The molecule has 0 aromatic heterocycles. The summed E-state index contributed by atoms with van der Waals surface area (Å²) in [6, 6.07) is 6.23. The summed E-state index contributed by atoms with van der Waals surface area (Å²) >= 11 is 0. The molecule has 0 fully saturated rings. The summed E-state index contributed by atoms with van der Waals surface area (Å²) in [6.07, 6.45) is 1.43. The van der Waals surface area contributed by atoms with E-state index in [-0.39, 0.29) is 5.75 Å². The predicted molar refractivity (Wildman–Crippen MR) is 85.7 cm³/mol. The van der Waals surface area contributed by atoms with Crippen LogP contribution in [-0.2, 0) is 16.4 Å². The number of hydrogen-bond acceptors (Lipinski definition) is 3. The van der Waals surface area contributed by atoms with Crippen molar-refractivity contribution in [3.63, 3.8) is 0 Å². The van der Waals surface area contributed by atoms with Crippen molar-refractivity contribution in [2.24, 2.45) is 0 Å². The first-order valence-electron chi connectivity index (χ1n) is 7.18. The summed E-state index contributed by atoms with van der Waals surface area (Å²) in [5.74, 6) is 0.143. The van der Waals surface area contributed by atoms with E-state index >= 15 is 0 Å². The van der Waals surface area contributed by atoms with Crippen LogP contribution in [0.15, 0.2) is 18.2 Å². The van der Waals surface area contributed by atoms with E-state index in [1.807, 2.05) is 45.9 Å². The summed E-state index contributed by atoms with van der Waals surface area (Å²) in [6.45, 7) is 8.77. The third-order valence-electron chi connectivity index (χ3n) is 3.14. The molecule has 0 radical (unpaired) electrons. The van der Waals surface area contributed by atoms with Crippen LogP contribution in [0.25, 0.3) is 0 Å². The van der Waals surface area contributed by atoms with Gasteiger partial charge >= 0.3 is 0 Å². The largest absolute Gasteiger partial charge is 0.314 e. The number of nitrogens with one attached hydrogen (secondary N) is 2. The molecule has 0 aliphatic carbocycles. The predicted octanol–water partition coefficient (Wildman–Crippen LogP) is 2.69. The Morgan fingerprint density at radius 3 is 2.55 bits per heavy atom. The maximum Gasteiger partial charge on any atom is 0.232 e. The molecule has 0 amide bonds. The fourth-order valence-corrected chi connectivity index (χ4v) is 3.26. The molecule has 2 N–H and O–H groups in total. The van der Waals surface area contributed by atoms with E-state index in [1.54, 1.807) is 0 Å². The molecule has 0 aliphatic heterocycles. The van der Waals surface area contributed by atoms with Crippen molar-refractivity contribution < 1.29 is 8.42 Å². The van der Waals surface area contributed by atoms with Crippen molar-refractivity contribution in [3.8, 4) is 0 Å². The third-order valence-corrected chi connectivity index (χ3v) is 4.48. The second kappa shape index (κ2) is 7.64. The van der Waals surface area contributed by atoms with Gasteiger partial charge in [0.05, 0.1) is 11.4 Å². The van der Waals surface area contributed by atoms with E-state index in [0.717, 1.165) is 23.2 Å². The number of aryl methyl sites for hydroxylation is 2. The van der Waals surface area contributed by atoms with E-state index < -0.39 is 10.0 Å². The summed E-state index contributed by atoms with van der Waals surface area (Å²) in [5.41, 5.74) is 2.74. The van der Waals surface area contributed by atoms with Crippen molar-refractivity contribution in [2.75, 3.05) is 17.0 Å². The Balaban J connectivity index is 2.67. The average Bonchev–Trinajstić information content (AvgIpc) is 2.37. The second-order valence-electron chi connectivity index (χ2n) is 5.35. The van der Waals surface area contributed by atoms with Crippen molar-refractivity contribution in [2.45, 2.75) is 46.6 Å². The Bertz CT molecular complexity index is 525. The van der Waals surface area contributed by atoms with Gasteiger partial charge in [-0.2, -0.15) is 0 Å². The third kappa shape index (κ3) is 5.51. The first kappa shape index (κ1) is 17.0. The molecular formula is C15H26N2O2S. The molecule has 114 valence electrons. The SMILES string of the molecule is CCc1cccc(C)c1NS(=O)(=O)CCCNC(C)C. The first-order valence-corrected chi connectivity index (χ1v) is 8.83. The number of benzene rings is 1. The van der Waals surface area contributed by atoms with E-state index in [0.29, 0.717) is 19.0 Å². The Labute approximate surface area is 123 Å². The highest BCUT2D eigenvalue weighted by atomic mass is 32.2. The van der Waals surface area contributed by atoms with Gasteiger partial charge in [-0.15, -0.1) is 0 Å². The zero-order valence-electron chi connectivity index (χ0n) is 12.9. The molecule has 0 spiro atoms. The van der Waals surface area contributed by atoms with E-state index in [1.165, 1.54) is 0 Å². The van der Waals surface area contributed by atoms with Crippen LogP contribution in [0.1, 0.15) is 38.3 Å². The number of rotatable bonds is 8. The standard InChI is InChI=1S/C15H26N2O2S/c1-5-14-9-6-8-13(4)15(14)17-20(18,19)11-7-10-16-12(2)3/h6,8-9,12,16-17H,5,7,10-11H2,1-4H3. The summed E-state index contributed by atoms with van der Waals surface area (Å²) < 4.78 is 27.0. The van der Waals surface area contributed by atoms with Gasteiger partial charge in [0, 0.05) is 6.04 Å². The summed E-state index contributed by atoms with van der Waals surface area (Å²) in [7, 11) is -3.28. The maximum atomic E-state index is 12.1. The molecule has 0 saturated heterocycles. The Kier molecular flexibility index (Phi) is 6.49. The molecule has 1 aromatic carbocycles. The lowest BCUT2D eigenvalue weighted by Gasteiger charge is -2.14. The monoisotopic (exact) mass is 298 g/mol. The van der Waals surface area contributed by atoms with Crippen LogP contribution in [0.3, 0.4) is 0 Å². The van der Waals surface area contributed by atoms with Crippen molar-refractivity contribution in [1.29, 1.82) is 0 Å². The van der Waals surface area contributed by atoms with Gasteiger partial charge in [-0.05, 0) is 37.4 Å². The zero-order valence-corrected chi connectivity index (χ0v) is 13.7. The zero-order chi connectivity index (χ0) is 15.2. The summed E-state index contributed by atoms with van der Waals surface area (Å²) in [4.78, 5) is 0. The minimum Gasteiger partial charge on any atom is -0.314 e. The van der Waals surface area contributed by atoms with E-state index in [4.69, 9.17) is 0 Å². The number of anilines is 1. The highest BCUT2D eigenvalue weighted by molar-refractivity contribution is 7.92. The van der Waals surface area contributed by atoms with Crippen LogP contribution in [0.2, 0.25) is 0 Å². The van der Waals surface area contributed by atoms with Gasteiger partial charge in [0.2, 0.25) is 10.0 Å². The normalized spacial score (nSPS) is 11.8. The molecule has 0 heterocycles. The molecule has 1 rings (SSSR count). The van der Waals surface area contributed by atoms with Gasteiger partial charge in [0.15, 0.2) is 0 Å². The Hall–Kier alpha value is -1.07. The fraction of sp³-hybridized carbons (Fsp3) is 0.600. The molecule has 1 aromatic rings. The van der Waals surface area contributed by atoms with Gasteiger partial charge in [0.1, 0.15) is 0 Å². The summed E-state index contributed by atoms with van der Waals surface area (Å²) in [5, 5.41) is 3.22. The maximum absolute atomic E-state index is 12.1. The van der Waals surface area contributed by atoms with Crippen molar-refractivity contribution in [3.05, 3.63) is 29.3 Å². The van der Waals surface area contributed by atoms with Crippen LogP contribution in [0.4, 0.5) is 5.69 Å². The first-order chi connectivity index (χ1) is 9.35. The molecule has 0 atom stereocenters. The van der Waals surface area contributed by atoms with Gasteiger partial charge < -0.3 is 5.32 Å². The minimum atomic E-state index is -3.28. The lowest BCUT2D eigenvalue weighted by Crippen LogP contribution is -2.27. The Morgan fingerprint density at radius 2 is 1.95 bits per heavy atom. The molecule has 4 nitrogen and oxygen atoms in total. The number of para-hydroxylation sites is 1. The van der Waals surface area contributed by atoms with Crippen LogP contribution in [-0.4, -0.2) is 26.8 Å². The van der Waals surface area contributed by atoms with Crippen molar-refractivity contribution >= 4 is 15.7 Å². The van der Waals surface area contributed by atoms with E-state index in [2.05, 4.69) is 10.0 Å². The molecule has 20 heavy (non-hydrogen) atoms. The lowest BCUT2D eigenvalue weighted by atomic mass is 10.1.